The first kappa shape index (κ1) is 25.9. The Labute approximate surface area is 211 Å². The highest BCUT2D eigenvalue weighted by Gasteiger charge is 2.40. The summed E-state index contributed by atoms with van der Waals surface area (Å²) in [6.45, 7) is 1.42. The molecule has 0 spiro atoms. The summed E-state index contributed by atoms with van der Waals surface area (Å²) in [5.41, 5.74) is 0.122. The average Bonchev–Trinajstić information content (AvgIpc) is 3.24. The molecular weight excluding hydrogens is 519 g/mol. The SMILES string of the molecule is COc1ncnc(OC)c1-n1c(NS(=O)(=O)[C@@H](C)[C@H](OC)c2ncc(Cl)cn2)nnc1[C@@H]1CC[C@@H]1F. The van der Waals surface area contributed by atoms with Crippen LogP contribution in [0.5, 0.6) is 11.8 Å². The molecule has 4 atom stereocenters. The van der Waals surface area contributed by atoms with Gasteiger partial charge in [-0.3, -0.25) is 9.29 Å². The number of rotatable bonds is 10. The van der Waals surface area contributed by atoms with Crippen LogP contribution in [0.3, 0.4) is 0 Å². The van der Waals surface area contributed by atoms with Gasteiger partial charge in [0.05, 0.1) is 25.2 Å². The molecule has 194 valence electrons. The van der Waals surface area contributed by atoms with Crippen LogP contribution in [-0.4, -0.2) is 75.9 Å². The predicted molar refractivity (Wildman–Crippen MR) is 126 cm³/mol. The van der Waals surface area contributed by atoms with Crippen LogP contribution in [0.15, 0.2) is 18.7 Å². The number of ether oxygens (including phenoxy) is 3. The van der Waals surface area contributed by atoms with Gasteiger partial charge in [0.15, 0.2) is 11.5 Å². The molecule has 0 radical (unpaired) electrons. The molecule has 0 aromatic carbocycles. The summed E-state index contributed by atoms with van der Waals surface area (Å²) in [7, 11) is -0.111. The number of sulfonamides is 1. The van der Waals surface area contributed by atoms with Gasteiger partial charge in [-0.1, -0.05) is 11.6 Å². The van der Waals surface area contributed by atoms with Crippen LogP contribution in [0.25, 0.3) is 5.69 Å². The molecule has 36 heavy (non-hydrogen) atoms. The summed E-state index contributed by atoms with van der Waals surface area (Å²) < 4.78 is 61.1. The topological polar surface area (TPSA) is 156 Å². The van der Waals surface area contributed by atoms with E-state index in [-0.39, 0.29) is 40.1 Å². The van der Waals surface area contributed by atoms with Crippen molar-refractivity contribution >= 4 is 27.6 Å². The van der Waals surface area contributed by atoms with Gasteiger partial charge in [-0.25, -0.2) is 22.8 Å². The Morgan fingerprint density at radius 1 is 1.08 bits per heavy atom. The van der Waals surface area contributed by atoms with Crippen molar-refractivity contribution in [3.8, 4) is 17.4 Å². The van der Waals surface area contributed by atoms with Crippen LogP contribution >= 0.6 is 11.6 Å². The van der Waals surface area contributed by atoms with Crippen molar-refractivity contribution in [1.29, 1.82) is 0 Å². The molecule has 1 saturated carbocycles. The van der Waals surface area contributed by atoms with Crippen molar-refractivity contribution in [2.75, 3.05) is 26.1 Å². The van der Waals surface area contributed by atoms with Crippen molar-refractivity contribution in [3.63, 3.8) is 0 Å². The van der Waals surface area contributed by atoms with Gasteiger partial charge in [0, 0.05) is 19.5 Å². The van der Waals surface area contributed by atoms with Gasteiger partial charge in [0.2, 0.25) is 27.7 Å². The van der Waals surface area contributed by atoms with Crippen LogP contribution in [0.2, 0.25) is 5.02 Å². The van der Waals surface area contributed by atoms with Crippen molar-refractivity contribution in [1.82, 2.24) is 34.7 Å². The van der Waals surface area contributed by atoms with Gasteiger partial charge in [-0.05, 0) is 19.8 Å². The highest BCUT2D eigenvalue weighted by Crippen LogP contribution is 2.42. The largest absolute Gasteiger partial charge is 0.479 e. The third kappa shape index (κ3) is 4.77. The number of nitrogens with zero attached hydrogens (tertiary/aromatic N) is 7. The number of aromatic nitrogens is 7. The minimum absolute atomic E-state index is 0.0514. The number of anilines is 1. The first-order valence-electron chi connectivity index (χ1n) is 10.8. The molecule has 0 amide bonds. The van der Waals surface area contributed by atoms with Crippen molar-refractivity contribution in [2.45, 2.75) is 43.2 Å². The normalized spacial score (nSPS) is 19.3. The van der Waals surface area contributed by atoms with E-state index in [0.29, 0.717) is 12.8 Å². The lowest BCUT2D eigenvalue weighted by atomic mass is 9.82. The number of nitrogens with one attached hydrogen (secondary N) is 1. The second-order valence-electron chi connectivity index (χ2n) is 7.93. The summed E-state index contributed by atoms with van der Waals surface area (Å²) in [6, 6.07) is 0. The van der Waals surface area contributed by atoms with E-state index in [2.05, 4.69) is 34.9 Å². The Kier molecular flexibility index (Phi) is 7.51. The van der Waals surface area contributed by atoms with Crippen molar-refractivity contribution < 1.29 is 27.0 Å². The third-order valence-electron chi connectivity index (χ3n) is 5.87. The molecule has 0 saturated heterocycles. The fourth-order valence-corrected chi connectivity index (χ4v) is 5.00. The molecule has 16 heteroatoms. The predicted octanol–water partition coefficient (Wildman–Crippen LogP) is 2.25. The highest BCUT2D eigenvalue weighted by molar-refractivity contribution is 7.93. The Morgan fingerprint density at radius 3 is 2.22 bits per heavy atom. The molecule has 4 rings (SSSR count). The van der Waals surface area contributed by atoms with E-state index in [4.69, 9.17) is 25.8 Å². The van der Waals surface area contributed by atoms with Gasteiger partial charge >= 0.3 is 0 Å². The molecule has 1 aliphatic rings. The molecule has 0 bridgehead atoms. The number of methoxy groups -OCH3 is 3. The van der Waals surface area contributed by atoms with Crippen LogP contribution in [0.4, 0.5) is 10.3 Å². The van der Waals surface area contributed by atoms with Crippen LogP contribution in [0.1, 0.15) is 43.4 Å². The lowest BCUT2D eigenvalue weighted by Crippen LogP contribution is -2.34. The van der Waals surface area contributed by atoms with E-state index in [1.54, 1.807) is 0 Å². The number of hydrogen-bond acceptors (Lipinski definition) is 11. The fourth-order valence-electron chi connectivity index (χ4n) is 3.77. The minimum atomic E-state index is -4.19. The Hall–Kier alpha value is -3.17. The maximum Gasteiger partial charge on any atom is 0.245 e. The average molecular weight is 543 g/mol. The second-order valence-corrected chi connectivity index (χ2v) is 10.4. The zero-order valence-corrected chi connectivity index (χ0v) is 21.4. The smallest absolute Gasteiger partial charge is 0.245 e. The summed E-state index contributed by atoms with van der Waals surface area (Å²) >= 11 is 5.84. The van der Waals surface area contributed by atoms with Crippen molar-refractivity contribution in [3.05, 3.63) is 35.4 Å². The van der Waals surface area contributed by atoms with E-state index < -0.39 is 33.5 Å². The van der Waals surface area contributed by atoms with Gasteiger partial charge in [0.25, 0.3) is 0 Å². The van der Waals surface area contributed by atoms with Gasteiger partial charge in [-0.2, -0.15) is 9.97 Å². The molecular formula is C20H24ClFN8O5S. The molecule has 1 N–H and O–H groups in total. The Balaban J connectivity index is 1.78. The number of hydrogen-bond donors (Lipinski definition) is 1. The van der Waals surface area contributed by atoms with Crippen LogP contribution in [-0.2, 0) is 14.8 Å². The summed E-state index contributed by atoms with van der Waals surface area (Å²) in [4.78, 5) is 16.3. The van der Waals surface area contributed by atoms with E-state index in [1.165, 1.54) is 51.5 Å². The maximum absolute atomic E-state index is 14.4. The lowest BCUT2D eigenvalue weighted by Gasteiger charge is -2.30. The van der Waals surface area contributed by atoms with Crippen molar-refractivity contribution in [2.24, 2.45) is 0 Å². The number of alkyl halides is 1. The molecule has 3 aromatic rings. The quantitative estimate of drug-likeness (QED) is 0.400. The summed E-state index contributed by atoms with van der Waals surface area (Å²) in [5.74, 6) is -0.441. The summed E-state index contributed by atoms with van der Waals surface area (Å²) in [6.07, 6.45) is 2.54. The second kappa shape index (κ2) is 10.4. The third-order valence-corrected chi connectivity index (χ3v) is 7.76. The van der Waals surface area contributed by atoms with E-state index in [9.17, 15) is 12.8 Å². The molecule has 13 nitrogen and oxygen atoms in total. The van der Waals surface area contributed by atoms with E-state index >= 15 is 0 Å². The van der Waals surface area contributed by atoms with E-state index in [1.807, 2.05) is 0 Å². The minimum Gasteiger partial charge on any atom is -0.479 e. The monoisotopic (exact) mass is 542 g/mol. The summed E-state index contributed by atoms with van der Waals surface area (Å²) in [5, 5.41) is 7.22. The molecule has 3 aromatic heterocycles. The first-order valence-corrected chi connectivity index (χ1v) is 12.7. The van der Waals surface area contributed by atoms with E-state index in [0.717, 1.165) is 0 Å². The zero-order chi connectivity index (χ0) is 26.0. The molecule has 1 fully saturated rings. The Bertz CT molecular complexity index is 1300. The molecule has 0 aliphatic heterocycles. The maximum atomic E-state index is 14.4. The zero-order valence-electron chi connectivity index (χ0n) is 19.8. The Morgan fingerprint density at radius 2 is 1.72 bits per heavy atom. The van der Waals surface area contributed by atoms with Gasteiger partial charge in [-0.15, -0.1) is 10.2 Å². The van der Waals surface area contributed by atoms with Gasteiger partial charge in [0.1, 0.15) is 29.7 Å². The lowest BCUT2D eigenvalue weighted by molar-refractivity contribution is 0.0950. The van der Waals surface area contributed by atoms with Crippen LogP contribution < -0.4 is 14.2 Å². The molecule has 3 heterocycles. The fraction of sp³-hybridized carbons (Fsp3) is 0.500. The first-order chi connectivity index (χ1) is 17.2. The molecule has 1 aliphatic carbocycles. The number of halogens is 2. The van der Waals surface area contributed by atoms with Gasteiger partial charge < -0.3 is 14.2 Å². The molecule has 0 unspecified atom stereocenters. The standard InChI is InChI=1S/C20H24ClFN8O5S/c1-10(15(33-2)16-23-7-11(21)8-24-16)36(31,32)29-20-28-27-17(12-5-6-13(12)22)30(20)14-18(34-3)25-9-26-19(14)35-4/h7-10,12-13,15H,5-6H2,1-4H3,(H,28,29)/t10-,12+,13-,15-/m0/s1. The highest BCUT2D eigenvalue weighted by atomic mass is 35.5. The van der Waals surface area contributed by atoms with Crippen LogP contribution in [0, 0.1) is 0 Å².